The van der Waals surface area contributed by atoms with Crippen LogP contribution in [0.1, 0.15) is 36.9 Å². The van der Waals surface area contributed by atoms with Gasteiger partial charge in [0.05, 0.1) is 12.3 Å². The van der Waals surface area contributed by atoms with Crippen molar-refractivity contribution >= 4 is 11.0 Å². The van der Waals surface area contributed by atoms with Crippen molar-refractivity contribution in [1.82, 2.24) is 15.3 Å². The van der Waals surface area contributed by atoms with Crippen LogP contribution in [0.15, 0.2) is 18.3 Å². The summed E-state index contributed by atoms with van der Waals surface area (Å²) in [6.45, 7) is 4.44. The molecule has 2 atom stereocenters. The molecule has 0 saturated carbocycles. The van der Waals surface area contributed by atoms with Crippen LogP contribution in [0, 0.1) is 5.92 Å². The Labute approximate surface area is 113 Å². The molecule has 4 heteroatoms. The molecule has 4 nitrogen and oxygen atoms in total. The van der Waals surface area contributed by atoms with Crippen LogP contribution < -0.4 is 5.32 Å². The summed E-state index contributed by atoms with van der Waals surface area (Å²) < 4.78 is 0. The number of rotatable bonds is 3. The lowest BCUT2D eigenvalue weighted by Gasteiger charge is -2.29. The molecule has 0 amide bonds. The molecular formula is C15H21N3O. The summed E-state index contributed by atoms with van der Waals surface area (Å²) in [7, 11) is 0. The van der Waals surface area contributed by atoms with E-state index in [9.17, 15) is 0 Å². The molecule has 1 aliphatic heterocycles. The van der Waals surface area contributed by atoms with Crippen LogP contribution in [0.25, 0.3) is 11.0 Å². The Morgan fingerprint density at radius 1 is 1.37 bits per heavy atom. The number of piperidine rings is 1. The number of hydrogen-bond acceptors (Lipinski definition) is 3. The van der Waals surface area contributed by atoms with Gasteiger partial charge in [0.2, 0.25) is 0 Å². The highest BCUT2D eigenvalue weighted by molar-refractivity contribution is 5.80. The first-order valence-corrected chi connectivity index (χ1v) is 7.10. The lowest BCUT2D eigenvalue weighted by atomic mass is 9.84. The second kappa shape index (κ2) is 5.31. The lowest BCUT2D eigenvalue weighted by Crippen LogP contribution is -2.34. The molecule has 0 spiro atoms. The third-order valence-electron chi connectivity index (χ3n) is 4.25. The molecule has 2 aromatic rings. The number of fused-ring (bicyclic) bond motifs is 1. The van der Waals surface area contributed by atoms with Gasteiger partial charge in [-0.15, -0.1) is 0 Å². The van der Waals surface area contributed by atoms with Gasteiger partial charge in [-0.3, -0.25) is 0 Å². The number of aromatic nitrogens is 2. The molecule has 1 saturated heterocycles. The number of aliphatic hydroxyl groups is 1. The largest absolute Gasteiger partial charge is 0.390 e. The van der Waals surface area contributed by atoms with Gasteiger partial charge in [-0.25, -0.2) is 4.98 Å². The fourth-order valence-electron chi connectivity index (χ4n) is 3.07. The van der Waals surface area contributed by atoms with Crippen molar-refractivity contribution in [3.05, 3.63) is 29.6 Å². The Hall–Kier alpha value is -1.39. The third kappa shape index (κ3) is 2.38. The van der Waals surface area contributed by atoms with E-state index in [-0.39, 0.29) is 6.61 Å². The minimum atomic E-state index is -0.00676. The van der Waals surface area contributed by atoms with Gasteiger partial charge >= 0.3 is 0 Å². The summed E-state index contributed by atoms with van der Waals surface area (Å²) in [4.78, 5) is 7.67. The van der Waals surface area contributed by atoms with E-state index in [1.807, 2.05) is 6.07 Å². The van der Waals surface area contributed by atoms with E-state index in [1.165, 1.54) is 23.8 Å². The highest BCUT2D eigenvalue weighted by atomic mass is 16.3. The van der Waals surface area contributed by atoms with Crippen molar-refractivity contribution in [2.45, 2.75) is 32.3 Å². The van der Waals surface area contributed by atoms with Gasteiger partial charge in [-0.05, 0) is 42.5 Å². The molecule has 0 aliphatic carbocycles. The predicted molar refractivity (Wildman–Crippen MR) is 76.0 cm³/mol. The Morgan fingerprint density at radius 3 is 3.05 bits per heavy atom. The summed E-state index contributed by atoms with van der Waals surface area (Å²) in [6.07, 6.45) is 4.57. The van der Waals surface area contributed by atoms with Crippen LogP contribution >= 0.6 is 0 Å². The van der Waals surface area contributed by atoms with Crippen LogP contribution in [0.2, 0.25) is 0 Å². The molecule has 1 fully saturated rings. The monoisotopic (exact) mass is 259 g/mol. The predicted octanol–water partition coefficient (Wildman–Crippen LogP) is 2.16. The van der Waals surface area contributed by atoms with Gasteiger partial charge in [0.25, 0.3) is 0 Å². The smallest absolute Gasteiger partial charge is 0.137 e. The van der Waals surface area contributed by atoms with E-state index in [1.54, 1.807) is 0 Å². The highest BCUT2D eigenvalue weighted by Crippen LogP contribution is 2.32. The van der Waals surface area contributed by atoms with E-state index in [0.29, 0.717) is 11.6 Å². The van der Waals surface area contributed by atoms with Crippen LogP contribution in [0.4, 0.5) is 0 Å². The lowest BCUT2D eigenvalue weighted by molar-refractivity contribution is 0.277. The van der Waals surface area contributed by atoms with Crippen LogP contribution in [-0.2, 0) is 6.61 Å². The average molecular weight is 259 g/mol. The number of nitrogens with zero attached hydrogens (tertiary/aromatic N) is 1. The molecular weight excluding hydrogens is 238 g/mol. The summed E-state index contributed by atoms with van der Waals surface area (Å²) in [5.41, 5.74) is 2.96. The zero-order valence-electron chi connectivity index (χ0n) is 11.3. The zero-order valence-corrected chi connectivity index (χ0v) is 11.3. The maximum atomic E-state index is 9.13. The molecule has 102 valence electrons. The van der Waals surface area contributed by atoms with Crippen LogP contribution in [-0.4, -0.2) is 28.2 Å². The van der Waals surface area contributed by atoms with Gasteiger partial charge in [0.1, 0.15) is 5.65 Å². The highest BCUT2D eigenvalue weighted by Gasteiger charge is 2.24. The topological polar surface area (TPSA) is 60.9 Å². The van der Waals surface area contributed by atoms with Gasteiger partial charge in [0, 0.05) is 18.1 Å². The normalized spacial score (nSPS) is 23.9. The Balaban J connectivity index is 1.92. The van der Waals surface area contributed by atoms with Crippen molar-refractivity contribution in [2.24, 2.45) is 5.92 Å². The van der Waals surface area contributed by atoms with E-state index >= 15 is 0 Å². The molecule has 3 N–H and O–H groups in total. The second-order valence-electron chi connectivity index (χ2n) is 5.47. The molecule has 0 bridgehead atoms. The number of hydrogen-bond donors (Lipinski definition) is 3. The molecule has 19 heavy (non-hydrogen) atoms. The van der Waals surface area contributed by atoms with Crippen molar-refractivity contribution < 1.29 is 5.11 Å². The Kier molecular flexibility index (Phi) is 3.53. The maximum absolute atomic E-state index is 9.13. The summed E-state index contributed by atoms with van der Waals surface area (Å²) in [6, 6.07) is 3.99. The number of aliphatic hydroxyl groups excluding tert-OH is 1. The first-order chi connectivity index (χ1) is 9.31. The van der Waals surface area contributed by atoms with E-state index < -0.39 is 0 Å². The van der Waals surface area contributed by atoms with Crippen molar-refractivity contribution in [2.75, 3.05) is 13.1 Å². The first-order valence-electron chi connectivity index (χ1n) is 7.10. The minimum Gasteiger partial charge on any atom is -0.390 e. The fourth-order valence-corrected chi connectivity index (χ4v) is 3.07. The van der Waals surface area contributed by atoms with E-state index in [0.717, 1.165) is 24.7 Å². The van der Waals surface area contributed by atoms with Crippen LogP contribution in [0.5, 0.6) is 0 Å². The zero-order chi connectivity index (χ0) is 13.2. The molecule has 3 rings (SSSR count). The summed E-state index contributed by atoms with van der Waals surface area (Å²) in [5, 5.41) is 13.9. The fraction of sp³-hybridized carbons (Fsp3) is 0.533. The Bertz CT molecular complexity index is 564. The van der Waals surface area contributed by atoms with Crippen molar-refractivity contribution in [3.8, 4) is 0 Å². The van der Waals surface area contributed by atoms with Gasteiger partial charge < -0.3 is 15.4 Å². The second-order valence-corrected chi connectivity index (χ2v) is 5.47. The van der Waals surface area contributed by atoms with Gasteiger partial charge in [0.15, 0.2) is 0 Å². The van der Waals surface area contributed by atoms with Crippen molar-refractivity contribution in [3.63, 3.8) is 0 Å². The third-order valence-corrected chi connectivity index (χ3v) is 4.25. The van der Waals surface area contributed by atoms with E-state index in [2.05, 4.69) is 34.5 Å². The minimum absolute atomic E-state index is 0.00676. The first kappa shape index (κ1) is 12.6. The Morgan fingerprint density at radius 2 is 2.26 bits per heavy atom. The van der Waals surface area contributed by atoms with E-state index in [4.69, 9.17) is 5.11 Å². The molecule has 0 aromatic carbocycles. The summed E-state index contributed by atoms with van der Waals surface area (Å²) >= 11 is 0. The summed E-state index contributed by atoms with van der Waals surface area (Å²) in [5.74, 6) is 1.34. The molecule has 3 heterocycles. The molecule has 1 aliphatic rings. The SMILES string of the molecule is CC[C@H]1CNCC(c2c[nH]c3nc(CO)ccc23)C1. The number of pyridine rings is 1. The number of H-pyrrole nitrogens is 1. The average Bonchev–Trinajstić information content (AvgIpc) is 2.90. The number of nitrogens with one attached hydrogen (secondary N) is 2. The molecule has 1 unspecified atom stereocenters. The maximum Gasteiger partial charge on any atom is 0.137 e. The standard InChI is InChI=1S/C15H21N3O/c1-2-10-5-11(7-16-6-10)14-8-17-15-13(14)4-3-12(9-19)18-15/h3-4,8,10-11,16,19H,2,5-7,9H2,1H3,(H,17,18)/t10-,11?/m1/s1. The number of aromatic amines is 1. The molecule has 0 radical (unpaired) electrons. The molecule has 2 aromatic heterocycles. The quantitative estimate of drug-likeness (QED) is 0.791. The van der Waals surface area contributed by atoms with Crippen LogP contribution in [0.3, 0.4) is 0 Å². The van der Waals surface area contributed by atoms with Crippen molar-refractivity contribution in [1.29, 1.82) is 0 Å². The van der Waals surface area contributed by atoms with Gasteiger partial charge in [-0.2, -0.15) is 0 Å². The van der Waals surface area contributed by atoms with Gasteiger partial charge in [-0.1, -0.05) is 13.3 Å².